The van der Waals surface area contributed by atoms with Crippen LogP contribution in [0.15, 0.2) is 24.3 Å². The van der Waals surface area contributed by atoms with Crippen LogP contribution in [0.4, 0.5) is 16.2 Å². The van der Waals surface area contributed by atoms with Crippen LogP contribution in [-0.4, -0.2) is 36.5 Å². The summed E-state index contributed by atoms with van der Waals surface area (Å²) in [6.45, 7) is 4.13. The van der Waals surface area contributed by atoms with E-state index < -0.39 is 12.1 Å². The quantitative estimate of drug-likeness (QED) is 0.715. The molecule has 1 atom stereocenters. The molecule has 0 saturated carbocycles. The Balaban J connectivity index is 2.51. The SMILES string of the molecule is CCN(C)C(=O)C(C)NC(=O)Nc1ccc(N)cc1. The average Bonchev–Trinajstić information content (AvgIpc) is 2.39. The van der Waals surface area contributed by atoms with Gasteiger partial charge in [0.2, 0.25) is 5.91 Å². The van der Waals surface area contributed by atoms with Crippen LogP contribution in [0.5, 0.6) is 0 Å². The standard InChI is InChI=1S/C13H20N4O2/c1-4-17(3)12(18)9(2)15-13(19)16-11-7-5-10(14)6-8-11/h5-9H,4,14H2,1-3H3,(H2,15,16,19). The van der Waals surface area contributed by atoms with E-state index in [1.165, 1.54) is 0 Å². The number of nitrogen functional groups attached to an aromatic ring is 1. The molecule has 1 aromatic carbocycles. The minimum absolute atomic E-state index is 0.130. The van der Waals surface area contributed by atoms with Gasteiger partial charge in [0, 0.05) is 25.0 Å². The third kappa shape index (κ3) is 4.50. The molecule has 0 aliphatic heterocycles. The molecule has 1 rings (SSSR count). The highest BCUT2D eigenvalue weighted by molar-refractivity contribution is 5.93. The summed E-state index contributed by atoms with van der Waals surface area (Å²) < 4.78 is 0. The maximum absolute atomic E-state index is 11.8. The van der Waals surface area contributed by atoms with Crippen LogP contribution in [0, 0.1) is 0 Å². The lowest BCUT2D eigenvalue weighted by Gasteiger charge is -2.20. The van der Waals surface area contributed by atoms with E-state index in [1.54, 1.807) is 43.1 Å². The molecule has 19 heavy (non-hydrogen) atoms. The van der Waals surface area contributed by atoms with E-state index in [0.29, 0.717) is 17.9 Å². The molecule has 6 heteroatoms. The number of anilines is 2. The third-order valence-corrected chi connectivity index (χ3v) is 2.74. The first-order valence-electron chi connectivity index (χ1n) is 6.12. The van der Waals surface area contributed by atoms with E-state index in [1.807, 2.05) is 6.92 Å². The van der Waals surface area contributed by atoms with Crippen molar-refractivity contribution in [2.45, 2.75) is 19.9 Å². The van der Waals surface area contributed by atoms with Crippen LogP contribution in [0.3, 0.4) is 0 Å². The number of hydrogen-bond acceptors (Lipinski definition) is 3. The van der Waals surface area contributed by atoms with Gasteiger partial charge in [-0.15, -0.1) is 0 Å². The van der Waals surface area contributed by atoms with Gasteiger partial charge in [-0.3, -0.25) is 4.79 Å². The maximum atomic E-state index is 11.8. The summed E-state index contributed by atoms with van der Waals surface area (Å²) in [5.74, 6) is -0.130. The minimum atomic E-state index is -0.571. The largest absolute Gasteiger partial charge is 0.399 e. The highest BCUT2D eigenvalue weighted by Gasteiger charge is 2.18. The monoisotopic (exact) mass is 264 g/mol. The van der Waals surface area contributed by atoms with Crippen LogP contribution in [-0.2, 0) is 4.79 Å². The predicted molar refractivity (Wildman–Crippen MR) is 75.8 cm³/mol. The molecule has 0 saturated heterocycles. The van der Waals surface area contributed by atoms with Crippen molar-refractivity contribution < 1.29 is 9.59 Å². The van der Waals surface area contributed by atoms with E-state index in [2.05, 4.69) is 10.6 Å². The van der Waals surface area contributed by atoms with Gasteiger partial charge in [0.05, 0.1) is 0 Å². The van der Waals surface area contributed by atoms with Crippen molar-refractivity contribution in [3.8, 4) is 0 Å². The van der Waals surface area contributed by atoms with Crippen molar-refractivity contribution in [1.82, 2.24) is 10.2 Å². The third-order valence-electron chi connectivity index (χ3n) is 2.74. The molecule has 3 amide bonds. The number of nitrogens with two attached hydrogens (primary N) is 1. The number of nitrogens with one attached hydrogen (secondary N) is 2. The van der Waals surface area contributed by atoms with Crippen molar-refractivity contribution in [3.63, 3.8) is 0 Å². The van der Waals surface area contributed by atoms with Crippen molar-refractivity contribution in [3.05, 3.63) is 24.3 Å². The smallest absolute Gasteiger partial charge is 0.319 e. The summed E-state index contributed by atoms with van der Waals surface area (Å²) in [4.78, 5) is 25.0. The lowest BCUT2D eigenvalue weighted by atomic mass is 10.3. The van der Waals surface area contributed by atoms with Crippen molar-refractivity contribution in [1.29, 1.82) is 0 Å². The fourth-order valence-electron chi connectivity index (χ4n) is 1.48. The Morgan fingerprint density at radius 2 is 1.89 bits per heavy atom. The number of hydrogen-bond donors (Lipinski definition) is 3. The molecule has 0 heterocycles. The molecule has 104 valence electrons. The highest BCUT2D eigenvalue weighted by Crippen LogP contribution is 2.10. The Labute approximate surface area is 113 Å². The summed E-state index contributed by atoms with van der Waals surface area (Å²) in [6.07, 6.45) is 0. The van der Waals surface area contributed by atoms with Crippen molar-refractivity contribution >= 4 is 23.3 Å². The normalized spacial score (nSPS) is 11.5. The summed E-state index contributed by atoms with van der Waals surface area (Å²) in [7, 11) is 1.69. The number of amides is 3. The Kier molecular flexibility index (Phi) is 5.17. The van der Waals surface area contributed by atoms with Crippen LogP contribution in [0.1, 0.15) is 13.8 Å². The number of carbonyl (C=O) groups excluding carboxylic acids is 2. The number of nitrogens with zero attached hydrogens (tertiary/aromatic N) is 1. The topological polar surface area (TPSA) is 87.5 Å². The number of carbonyl (C=O) groups is 2. The summed E-state index contributed by atoms with van der Waals surface area (Å²) >= 11 is 0. The fraction of sp³-hybridized carbons (Fsp3) is 0.385. The van der Waals surface area contributed by atoms with Crippen molar-refractivity contribution in [2.75, 3.05) is 24.6 Å². The van der Waals surface area contributed by atoms with Gasteiger partial charge >= 0.3 is 6.03 Å². The zero-order chi connectivity index (χ0) is 14.4. The molecular weight excluding hydrogens is 244 g/mol. The molecule has 0 aliphatic carbocycles. The minimum Gasteiger partial charge on any atom is -0.399 e. The van der Waals surface area contributed by atoms with E-state index >= 15 is 0 Å². The first-order chi connectivity index (χ1) is 8.93. The second-order valence-electron chi connectivity index (χ2n) is 4.29. The molecule has 6 nitrogen and oxygen atoms in total. The van der Waals surface area contributed by atoms with Gasteiger partial charge in [-0.25, -0.2) is 4.79 Å². The molecule has 0 fully saturated rings. The van der Waals surface area contributed by atoms with Gasteiger partial charge in [-0.1, -0.05) is 0 Å². The Morgan fingerprint density at radius 3 is 2.42 bits per heavy atom. The zero-order valence-corrected chi connectivity index (χ0v) is 11.4. The molecule has 1 unspecified atom stereocenters. The molecule has 0 aliphatic rings. The van der Waals surface area contributed by atoms with Gasteiger partial charge in [0.1, 0.15) is 6.04 Å². The fourth-order valence-corrected chi connectivity index (χ4v) is 1.48. The van der Waals surface area contributed by atoms with Gasteiger partial charge in [0.15, 0.2) is 0 Å². The Morgan fingerprint density at radius 1 is 1.32 bits per heavy atom. The van der Waals surface area contributed by atoms with Gasteiger partial charge in [0.25, 0.3) is 0 Å². The van der Waals surface area contributed by atoms with Crippen molar-refractivity contribution in [2.24, 2.45) is 0 Å². The van der Waals surface area contributed by atoms with E-state index in [0.717, 1.165) is 0 Å². The lowest BCUT2D eigenvalue weighted by Crippen LogP contribution is -2.46. The Bertz CT molecular complexity index is 444. The van der Waals surface area contributed by atoms with Crippen LogP contribution < -0.4 is 16.4 Å². The van der Waals surface area contributed by atoms with Gasteiger partial charge in [-0.05, 0) is 38.1 Å². The Hall–Kier alpha value is -2.24. The first-order valence-corrected chi connectivity index (χ1v) is 6.12. The predicted octanol–water partition coefficient (Wildman–Crippen LogP) is 1.26. The number of likely N-dealkylation sites (N-methyl/N-ethyl adjacent to an activating group) is 1. The molecule has 0 radical (unpaired) electrons. The molecular formula is C13H20N4O2. The summed E-state index contributed by atoms with van der Waals surface area (Å²) in [6, 6.07) is 5.78. The number of benzene rings is 1. The second kappa shape index (κ2) is 6.63. The summed E-state index contributed by atoms with van der Waals surface area (Å²) in [5.41, 5.74) is 6.79. The lowest BCUT2D eigenvalue weighted by molar-refractivity contribution is -0.131. The highest BCUT2D eigenvalue weighted by atomic mass is 16.2. The molecule has 0 bridgehead atoms. The molecule has 0 aromatic heterocycles. The maximum Gasteiger partial charge on any atom is 0.319 e. The molecule has 4 N–H and O–H groups in total. The number of urea groups is 1. The first kappa shape index (κ1) is 14.8. The molecule has 1 aromatic rings. The van der Waals surface area contributed by atoms with E-state index in [4.69, 9.17) is 5.73 Å². The van der Waals surface area contributed by atoms with Crippen LogP contribution in [0.2, 0.25) is 0 Å². The van der Waals surface area contributed by atoms with Gasteiger partial charge < -0.3 is 21.3 Å². The van der Waals surface area contributed by atoms with E-state index in [9.17, 15) is 9.59 Å². The zero-order valence-electron chi connectivity index (χ0n) is 11.4. The van der Waals surface area contributed by atoms with E-state index in [-0.39, 0.29) is 5.91 Å². The van der Waals surface area contributed by atoms with Crippen LogP contribution >= 0.6 is 0 Å². The van der Waals surface area contributed by atoms with Crippen LogP contribution in [0.25, 0.3) is 0 Å². The summed E-state index contributed by atoms with van der Waals surface area (Å²) in [5, 5.41) is 5.22. The average molecular weight is 264 g/mol. The molecule has 0 spiro atoms. The second-order valence-corrected chi connectivity index (χ2v) is 4.29. The van der Waals surface area contributed by atoms with Gasteiger partial charge in [-0.2, -0.15) is 0 Å². The number of rotatable bonds is 4.